The first-order valence-corrected chi connectivity index (χ1v) is 5.58. The van der Waals surface area contributed by atoms with Crippen LogP contribution in [-0.2, 0) is 16.1 Å². The number of carbonyl (C=O) groups is 1. The standard InChI is InChI=1S/C12H19N3O2/c1-12(2,3)17-15(10-16)14-9-7-11-6-4-5-8-13-11/h4-6,8,10,14H,7,9H2,1-3H3. The Hall–Kier alpha value is -1.46. The summed E-state index contributed by atoms with van der Waals surface area (Å²) in [6, 6.07) is 5.75. The van der Waals surface area contributed by atoms with Crippen LogP contribution in [0, 0.1) is 0 Å². The summed E-state index contributed by atoms with van der Waals surface area (Å²) in [5.74, 6) is 0. The summed E-state index contributed by atoms with van der Waals surface area (Å²) in [7, 11) is 0. The van der Waals surface area contributed by atoms with Crippen molar-refractivity contribution in [1.29, 1.82) is 0 Å². The van der Waals surface area contributed by atoms with Gasteiger partial charge in [0.05, 0.1) is 5.60 Å². The lowest BCUT2D eigenvalue weighted by Crippen LogP contribution is -2.43. The third-order valence-corrected chi connectivity index (χ3v) is 1.84. The van der Waals surface area contributed by atoms with Crippen LogP contribution >= 0.6 is 0 Å². The molecular weight excluding hydrogens is 218 g/mol. The van der Waals surface area contributed by atoms with Crippen molar-refractivity contribution in [2.45, 2.75) is 32.8 Å². The summed E-state index contributed by atoms with van der Waals surface area (Å²) in [5, 5.41) is 1.10. The van der Waals surface area contributed by atoms with E-state index in [0.717, 1.165) is 17.3 Å². The zero-order valence-corrected chi connectivity index (χ0v) is 10.5. The molecule has 1 rings (SSSR count). The lowest BCUT2D eigenvalue weighted by Gasteiger charge is -2.26. The van der Waals surface area contributed by atoms with Gasteiger partial charge in [-0.25, -0.2) is 10.3 Å². The Balaban J connectivity index is 2.31. The summed E-state index contributed by atoms with van der Waals surface area (Å²) in [6.07, 6.45) is 3.10. The Kier molecular flexibility index (Phi) is 5.06. The van der Waals surface area contributed by atoms with E-state index < -0.39 is 5.60 Å². The summed E-state index contributed by atoms with van der Waals surface area (Å²) in [6.45, 7) is 6.23. The summed E-state index contributed by atoms with van der Waals surface area (Å²) in [4.78, 5) is 20.3. The van der Waals surface area contributed by atoms with Gasteiger partial charge in [0, 0.05) is 24.9 Å². The van der Waals surface area contributed by atoms with Gasteiger partial charge in [0.15, 0.2) is 0 Å². The summed E-state index contributed by atoms with van der Waals surface area (Å²) in [5.41, 5.74) is 3.45. The molecule has 17 heavy (non-hydrogen) atoms. The molecule has 0 aliphatic carbocycles. The Bertz CT molecular complexity index is 335. The van der Waals surface area contributed by atoms with Crippen LogP contribution in [0.2, 0.25) is 0 Å². The zero-order chi connectivity index (χ0) is 12.7. The maximum absolute atomic E-state index is 10.7. The van der Waals surface area contributed by atoms with E-state index in [1.807, 2.05) is 39.0 Å². The average molecular weight is 237 g/mol. The molecule has 0 atom stereocenters. The smallest absolute Gasteiger partial charge is 0.249 e. The highest BCUT2D eigenvalue weighted by molar-refractivity contribution is 5.44. The highest BCUT2D eigenvalue weighted by Gasteiger charge is 2.15. The van der Waals surface area contributed by atoms with E-state index in [0.29, 0.717) is 13.0 Å². The molecule has 0 saturated carbocycles. The van der Waals surface area contributed by atoms with Gasteiger partial charge in [0.2, 0.25) is 6.41 Å². The molecule has 5 heteroatoms. The molecule has 0 aliphatic rings. The quantitative estimate of drug-likeness (QED) is 0.599. The summed E-state index contributed by atoms with van der Waals surface area (Å²) >= 11 is 0. The number of hydroxylamine groups is 1. The van der Waals surface area contributed by atoms with Gasteiger partial charge in [-0.05, 0) is 32.9 Å². The number of pyridine rings is 1. The maximum Gasteiger partial charge on any atom is 0.249 e. The highest BCUT2D eigenvalue weighted by Crippen LogP contribution is 2.07. The molecule has 0 saturated heterocycles. The molecule has 1 N–H and O–H groups in total. The molecule has 0 bridgehead atoms. The van der Waals surface area contributed by atoms with E-state index in [2.05, 4.69) is 10.4 Å². The van der Waals surface area contributed by atoms with Gasteiger partial charge in [-0.1, -0.05) is 6.07 Å². The van der Waals surface area contributed by atoms with E-state index in [9.17, 15) is 4.79 Å². The molecular formula is C12H19N3O2. The Morgan fingerprint density at radius 3 is 2.76 bits per heavy atom. The predicted molar refractivity (Wildman–Crippen MR) is 64.7 cm³/mol. The minimum atomic E-state index is -0.404. The van der Waals surface area contributed by atoms with Gasteiger partial charge in [-0.2, -0.15) is 5.17 Å². The number of hydrazine groups is 1. The van der Waals surface area contributed by atoms with Crippen LogP contribution in [0.3, 0.4) is 0 Å². The molecule has 0 fully saturated rings. The van der Waals surface area contributed by atoms with Gasteiger partial charge in [0.25, 0.3) is 0 Å². The number of hydrogen-bond donors (Lipinski definition) is 1. The van der Waals surface area contributed by atoms with E-state index in [1.54, 1.807) is 6.20 Å². The van der Waals surface area contributed by atoms with Crippen molar-refractivity contribution in [2.75, 3.05) is 6.54 Å². The highest BCUT2D eigenvalue weighted by atomic mass is 16.7. The molecule has 5 nitrogen and oxygen atoms in total. The fraction of sp³-hybridized carbons (Fsp3) is 0.500. The van der Waals surface area contributed by atoms with Crippen LogP contribution < -0.4 is 5.43 Å². The Morgan fingerprint density at radius 1 is 1.47 bits per heavy atom. The predicted octanol–water partition coefficient (Wildman–Crippen LogP) is 1.32. The molecule has 1 heterocycles. The first-order valence-electron chi connectivity index (χ1n) is 5.58. The molecule has 0 unspecified atom stereocenters. The molecule has 0 spiro atoms. The van der Waals surface area contributed by atoms with E-state index >= 15 is 0 Å². The topological polar surface area (TPSA) is 54.5 Å². The van der Waals surface area contributed by atoms with Crippen molar-refractivity contribution in [3.63, 3.8) is 0 Å². The van der Waals surface area contributed by atoms with E-state index in [-0.39, 0.29) is 0 Å². The van der Waals surface area contributed by atoms with Crippen LogP contribution in [0.5, 0.6) is 0 Å². The van der Waals surface area contributed by atoms with Gasteiger partial charge in [-0.3, -0.25) is 9.78 Å². The molecule has 0 aliphatic heterocycles. The van der Waals surface area contributed by atoms with Crippen LogP contribution in [0.1, 0.15) is 26.5 Å². The van der Waals surface area contributed by atoms with Crippen LogP contribution in [0.15, 0.2) is 24.4 Å². The van der Waals surface area contributed by atoms with Crippen molar-refractivity contribution < 1.29 is 9.63 Å². The molecule has 0 aromatic carbocycles. The number of hydrogen-bond acceptors (Lipinski definition) is 4. The number of nitrogens with one attached hydrogen (secondary N) is 1. The maximum atomic E-state index is 10.7. The minimum absolute atomic E-state index is 0.404. The van der Waals surface area contributed by atoms with E-state index in [4.69, 9.17) is 4.84 Å². The van der Waals surface area contributed by atoms with Crippen molar-refractivity contribution in [2.24, 2.45) is 0 Å². The first kappa shape index (κ1) is 13.6. The normalized spacial score (nSPS) is 11.2. The van der Waals surface area contributed by atoms with E-state index in [1.165, 1.54) is 0 Å². The molecule has 1 amide bonds. The zero-order valence-electron chi connectivity index (χ0n) is 10.5. The fourth-order valence-corrected chi connectivity index (χ4v) is 1.23. The third-order valence-electron chi connectivity index (χ3n) is 1.84. The largest absolute Gasteiger partial charge is 0.275 e. The van der Waals surface area contributed by atoms with Gasteiger partial charge in [0.1, 0.15) is 0 Å². The summed E-state index contributed by atoms with van der Waals surface area (Å²) < 4.78 is 0. The van der Waals surface area contributed by atoms with Crippen molar-refractivity contribution in [1.82, 2.24) is 15.6 Å². The minimum Gasteiger partial charge on any atom is -0.275 e. The number of rotatable bonds is 6. The molecule has 1 aromatic heterocycles. The number of carbonyl (C=O) groups excluding carboxylic acids is 1. The second-order valence-corrected chi connectivity index (χ2v) is 4.61. The lowest BCUT2D eigenvalue weighted by atomic mass is 10.2. The SMILES string of the molecule is CC(C)(C)ON(C=O)NCCc1ccccn1. The van der Waals surface area contributed by atoms with Gasteiger partial charge < -0.3 is 0 Å². The number of aromatic nitrogens is 1. The number of nitrogens with zero attached hydrogens (tertiary/aromatic N) is 2. The van der Waals surface area contributed by atoms with Crippen LogP contribution in [0.4, 0.5) is 0 Å². The monoisotopic (exact) mass is 237 g/mol. The Morgan fingerprint density at radius 2 is 2.24 bits per heavy atom. The number of amides is 1. The van der Waals surface area contributed by atoms with Crippen LogP contribution in [-0.4, -0.2) is 28.7 Å². The van der Waals surface area contributed by atoms with Crippen LogP contribution in [0.25, 0.3) is 0 Å². The van der Waals surface area contributed by atoms with Crippen molar-refractivity contribution >= 4 is 6.41 Å². The van der Waals surface area contributed by atoms with Crippen molar-refractivity contribution in [3.8, 4) is 0 Å². The Labute approximate surface area is 102 Å². The average Bonchev–Trinajstić information content (AvgIpc) is 2.27. The second-order valence-electron chi connectivity index (χ2n) is 4.61. The first-order chi connectivity index (χ1) is 8.01. The third kappa shape index (κ3) is 5.99. The fourth-order valence-electron chi connectivity index (χ4n) is 1.23. The molecule has 1 aromatic rings. The van der Waals surface area contributed by atoms with Gasteiger partial charge in [-0.15, -0.1) is 0 Å². The molecule has 94 valence electrons. The van der Waals surface area contributed by atoms with Gasteiger partial charge >= 0.3 is 0 Å². The lowest BCUT2D eigenvalue weighted by molar-refractivity contribution is -0.238. The second kappa shape index (κ2) is 6.32. The molecule has 0 radical (unpaired) electrons. The van der Waals surface area contributed by atoms with Crippen molar-refractivity contribution in [3.05, 3.63) is 30.1 Å².